The van der Waals surface area contributed by atoms with Crippen LogP contribution in [-0.2, 0) is 21.7 Å². The van der Waals surface area contributed by atoms with Gasteiger partial charge in [0.1, 0.15) is 5.82 Å². The molecule has 0 N–H and O–H groups in total. The van der Waals surface area contributed by atoms with Crippen LogP contribution in [0.2, 0.25) is 5.02 Å². The van der Waals surface area contributed by atoms with Gasteiger partial charge < -0.3 is 4.57 Å². The highest BCUT2D eigenvalue weighted by Crippen LogP contribution is 2.21. The number of sulfone groups is 1. The van der Waals surface area contributed by atoms with Crippen molar-refractivity contribution >= 4 is 48.9 Å². The third-order valence-electron chi connectivity index (χ3n) is 3.75. The Bertz CT molecular complexity index is 1150. The molecule has 0 bridgehead atoms. The van der Waals surface area contributed by atoms with E-state index in [-0.39, 0.29) is 17.1 Å². The third kappa shape index (κ3) is 4.03. The molecule has 3 aromatic rings. The lowest BCUT2D eigenvalue weighted by molar-refractivity contribution is -0.117. The molecule has 1 amide bonds. The summed E-state index contributed by atoms with van der Waals surface area (Å²) in [5.41, 5.74) is 0.880. The van der Waals surface area contributed by atoms with E-state index in [9.17, 15) is 17.6 Å². The van der Waals surface area contributed by atoms with Gasteiger partial charge in [-0.25, -0.2) is 12.8 Å². The molecule has 1 aromatic heterocycles. The number of amides is 1. The summed E-state index contributed by atoms with van der Waals surface area (Å²) in [6.07, 6.45) is -0.255. The van der Waals surface area contributed by atoms with Crippen LogP contribution >= 0.6 is 22.9 Å². The van der Waals surface area contributed by atoms with Gasteiger partial charge in [-0.1, -0.05) is 22.9 Å². The van der Waals surface area contributed by atoms with Crippen molar-refractivity contribution in [1.82, 2.24) is 4.57 Å². The van der Waals surface area contributed by atoms with E-state index < -0.39 is 21.6 Å². The number of halogens is 2. The van der Waals surface area contributed by atoms with Gasteiger partial charge in [0.05, 0.1) is 20.9 Å². The maximum atomic E-state index is 12.9. The summed E-state index contributed by atoms with van der Waals surface area (Å²) in [6.45, 7) is 0. The lowest BCUT2D eigenvalue weighted by atomic mass is 10.3. The first kappa shape index (κ1) is 18.8. The molecule has 0 radical (unpaired) electrons. The van der Waals surface area contributed by atoms with Crippen molar-refractivity contribution in [3.8, 4) is 0 Å². The summed E-state index contributed by atoms with van der Waals surface area (Å²) in [6, 6.07) is 9.87. The molecule has 0 saturated carbocycles. The molecule has 0 aliphatic rings. The quantitative estimate of drug-likeness (QED) is 0.617. The van der Waals surface area contributed by atoms with Crippen molar-refractivity contribution in [2.45, 2.75) is 11.3 Å². The minimum atomic E-state index is -3.67. The van der Waals surface area contributed by atoms with E-state index in [2.05, 4.69) is 4.99 Å². The first-order valence-corrected chi connectivity index (χ1v) is 10.4. The zero-order valence-electron chi connectivity index (χ0n) is 13.6. The average molecular weight is 413 g/mol. The summed E-state index contributed by atoms with van der Waals surface area (Å²) >= 11 is 7.26. The first-order chi connectivity index (χ1) is 12.3. The standard InChI is InChI=1S/C17H14ClFN2O3S2/c1-21-14-7-2-11(18)10-15(14)25-17(21)20-16(22)8-9-26(23,24)13-5-3-12(19)4-6-13/h2-7,10H,8-9H2,1H3. The zero-order valence-corrected chi connectivity index (χ0v) is 16.0. The second-order valence-corrected chi connectivity index (χ2v) is 9.14. The van der Waals surface area contributed by atoms with Gasteiger partial charge in [-0.2, -0.15) is 4.99 Å². The lowest BCUT2D eigenvalue weighted by Gasteiger charge is -2.02. The molecule has 0 saturated heterocycles. The Balaban J connectivity index is 1.79. The van der Waals surface area contributed by atoms with E-state index in [0.29, 0.717) is 9.82 Å². The molecule has 0 atom stereocenters. The molecule has 136 valence electrons. The van der Waals surface area contributed by atoms with Crippen LogP contribution in [0.3, 0.4) is 0 Å². The van der Waals surface area contributed by atoms with E-state index in [0.717, 1.165) is 22.3 Å². The van der Waals surface area contributed by atoms with Gasteiger partial charge in [0.25, 0.3) is 0 Å². The van der Waals surface area contributed by atoms with Crippen molar-refractivity contribution in [1.29, 1.82) is 0 Å². The first-order valence-electron chi connectivity index (χ1n) is 7.57. The molecule has 26 heavy (non-hydrogen) atoms. The zero-order chi connectivity index (χ0) is 18.9. The highest BCUT2D eigenvalue weighted by molar-refractivity contribution is 7.91. The fraction of sp³-hybridized carbons (Fsp3) is 0.176. The summed E-state index contributed by atoms with van der Waals surface area (Å²) < 4.78 is 40.0. The molecule has 0 spiro atoms. The molecule has 5 nitrogen and oxygen atoms in total. The van der Waals surface area contributed by atoms with Gasteiger partial charge in [0, 0.05) is 18.5 Å². The molecule has 2 aromatic carbocycles. The number of carbonyl (C=O) groups excluding carboxylic acids is 1. The van der Waals surface area contributed by atoms with Gasteiger partial charge in [0.15, 0.2) is 14.6 Å². The van der Waals surface area contributed by atoms with Crippen molar-refractivity contribution < 1.29 is 17.6 Å². The van der Waals surface area contributed by atoms with Crippen LogP contribution in [0.1, 0.15) is 6.42 Å². The highest BCUT2D eigenvalue weighted by atomic mass is 35.5. The number of rotatable bonds is 4. The van der Waals surface area contributed by atoms with E-state index in [1.807, 2.05) is 6.07 Å². The van der Waals surface area contributed by atoms with E-state index in [1.165, 1.54) is 23.5 Å². The lowest BCUT2D eigenvalue weighted by Crippen LogP contribution is -2.15. The summed E-state index contributed by atoms with van der Waals surface area (Å²) in [5.74, 6) is -1.45. The van der Waals surface area contributed by atoms with Crippen LogP contribution in [-0.4, -0.2) is 24.6 Å². The van der Waals surface area contributed by atoms with Crippen LogP contribution in [0.5, 0.6) is 0 Å². The molecule has 0 fully saturated rings. The topological polar surface area (TPSA) is 68.5 Å². The van der Waals surface area contributed by atoms with Gasteiger partial charge in [-0.15, -0.1) is 0 Å². The van der Waals surface area contributed by atoms with Crippen LogP contribution in [0.4, 0.5) is 4.39 Å². The van der Waals surface area contributed by atoms with Crippen molar-refractivity contribution in [2.24, 2.45) is 12.0 Å². The molecule has 3 rings (SSSR count). The van der Waals surface area contributed by atoms with Crippen molar-refractivity contribution in [3.05, 3.63) is 58.1 Å². The number of fused-ring (bicyclic) bond motifs is 1. The molecular formula is C17H14ClFN2O3S2. The second kappa shape index (κ2) is 7.30. The maximum Gasteiger partial charge on any atom is 0.249 e. The van der Waals surface area contributed by atoms with Gasteiger partial charge in [-0.3, -0.25) is 4.79 Å². The van der Waals surface area contributed by atoms with E-state index in [1.54, 1.807) is 23.7 Å². The predicted octanol–water partition coefficient (Wildman–Crippen LogP) is 3.32. The number of hydrogen-bond donors (Lipinski definition) is 0. The number of hydrogen-bond acceptors (Lipinski definition) is 4. The van der Waals surface area contributed by atoms with Crippen LogP contribution in [0.25, 0.3) is 10.2 Å². The van der Waals surface area contributed by atoms with Gasteiger partial charge in [0.2, 0.25) is 5.91 Å². The maximum absolute atomic E-state index is 12.9. The fourth-order valence-electron chi connectivity index (χ4n) is 2.36. The average Bonchev–Trinajstić information content (AvgIpc) is 2.88. The molecular weight excluding hydrogens is 399 g/mol. The number of aryl methyl sites for hydroxylation is 1. The Morgan fingerprint density at radius 1 is 1.23 bits per heavy atom. The number of benzene rings is 2. The Hall–Kier alpha value is -2.03. The van der Waals surface area contributed by atoms with Crippen LogP contribution < -0.4 is 4.80 Å². The Labute approximate surface area is 158 Å². The minimum absolute atomic E-state index is 0.0197. The van der Waals surface area contributed by atoms with Crippen molar-refractivity contribution in [2.75, 3.05) is 5.75 Å². The fourth-order valence-corrected chi connectivity index (χ4v) is 4.90. The van der Waals surface area contributed by atoms with E-state index in [4.69, 9.17) is 11.6 Å². The number of carbonyl (C=O) groups is 1. The van der Waals surface area contributed by atoms with E-state index >= 15 is 0 Å². The summed E-state index contributed by atoms with van der Waals surface area (Å²) in [5, 5.41) is 0.586. The predicted molar refractivity (Wildman–Crippen MR) is 99.4 cm³/mol. The molecule has 1 heterocycles. The SMILES string of the molecule is Cn1c(=NC(=O)CCS(=O)(=O)c2ccc(F)cc2)sc2cc(Cl)ccc21. The second-order valence-electron chi connectivity index (χ2n) is 5.58. The molecule has 0 aliphatic heterocycles. The smallest absolute Gasteiger partial charge is 0.249 e. The van der Waals surface area contributed by atoms with Gasteiger partial charge >= 0.3 is 0 Å². The van der Waals surface area contributed by atoms with Crippen LogP contribution in [0, 0.1) is 5.82 Å². The summed E-state index contributed by atoms with van der Waals surface area (Å²) in [4.78, 5) is 16.6. The Morgan fingerprint density at radius 3 is 2.62 bits per heavy atom. The normalized spacial score (nSPS) is 12.7. The number of aromatic nitrogens is 1. The van der Waals surface area contributed by atoms with Crippen LogP contribution in [0.15, 0.2) is 52.4 Å². The highest BCUT2D eigenvalue weighted by Gasteiger charge is 2.16. The molecule has 9 heteroatoms. The van der Waals surface area contributed by atoms with Gasteiger partial charge in [-0.05, 0) is 42.5 Å². The summed E-state index contributed by atoms with van der Waals surface area (Å²) in [7, 11) is -1.90. The molecule has 0 aliphatic carbocycles. The Morgan fingerprint density at radius 2 is 1.92 bits per heavy atom. The molecule has 0 unspecified atom stereocenters. The number of thiazole rings is 1. The Kier molecular flexibility index (Phi) is 5.27. The third-order valence-corrected chi connectivity index (χ3v) is 6.81. The number of nitrogens with zero attached hydrogens (tertiary/aromatic N) is 2. The largest absolute Gasteiger partial charge is 0.319 e. The monoisotopic (exact) mass is 412 g/mol. The minimum Gasteiger partial charge on any atom is -0.319 e. The van der Waals surface area contributed by atoms with Crippen molar-refractivity contribution in [3.63, 3.8) is 0 Å².